The minimum absolute atomic E-state index is 0.165. The van der Waals surface area contributed by atoms with Gasteiger partial charge in [0.05, 0.1) is 20.3 Å². The van der Waals surface area contributed by atoms with Crippen molar-refractivity contribution in [3.8, 4) is 11.5 Å². The predicted molar refractivity (Wildman–Crippen MR) is 155 cm³/mol. The normalized spacial score (nSPS) is 12.6. The molecule has 7 heteroatoms. The molecule has 0 bridgehead atoms. The molecule has 0 heterocycles. The van der Waals surface area contributed by atoms with E-state index in [4.69, 9.17) is 18.2 Å². The first-order valence-corrected chi connectivity index (χ1v) is 16.2. The Morgan fingerprint density at radius 1 is 0.811 bits per heavy atom. The molecule has 0 aromatic heterocycles. The molecule has 0 saturated carbocycles. The maximum Gasteiger partial charge on any atom is 0.353 e. The lowest BCUT2D eigenvalue weighted by atomic mass is 10.1. The summed E-state index contributed by atoms with van der Waals surface area (Å²) >= 11 is 0. The van der Waals surface area contributed by atoms with Gasteiger partial charge in [0, 0.05) is 5.82 Å². The van der Waals surface area contributed by atoms with Crippen molar-refractivity contribution in [3.63, 3.8) is 0 Å². The van der Waals surface area contributed by atoms with Crippen LogP contribution in [0.3, 0.4) is 0 Å². The van der Waals surface area contributed by atoms with E-state index < -0.39 is 15.9 Å². The molecule has 198 valence electrons. The molecule has 0 radical (unpaired) electrons. The fraction of sp³-hybridized carbons (Fsp3) is 0.333. The third-order valence-electron chi connectivity index (χ3n) is 6.17. The van der Waals surface area contributed by atoms with E-state index in [0.29, 0.717) is 31.1 Å². The summed E-state index contributed by atoms with van der Waals surface area (Å²) in [5.41, 5.74) is 1.00. The highest BCUT2D eigenvalue weighted by Gasteiger charge is 2.52. The molecule has 37 heavy (non-hydrogen) atoms. The van der Waals surface area contributed by atoms with E-state index in [2.05, 4.69) is 69.3 Å². The van der Waals surface area contributed by atoms with Crippen LogP contribution in [0.1, 0.15) is 40.2 Å². The fourth-order valence-corrected chi connectivity index (χ4v) is 10.3. The van der Waals surface area contributed by atoms with Crippen molar-refractivity contribution >= 4 is 26.3 Å². The number of ether oxygens (including phenoxy) is 1. The molecule has 0 saturated heterocycles. The van der Waals surface area contributed by atoms with Crippen molar-refractivity contribution in [2.45, 2.75) is 46.1 Å². The lowest BCUT2D eigenvalue weighted by Crippen LogP contribution is -2.68. The molecule has 0 aliphatic heterocycles. The summed E-state index contributed by atoms with van der Waals surface area (Å²) < 4.78 is 36.4. The second kappa shape index (κ2) is 12.7. The number of rotatable bonds is 12. The lowest BCUT2D eigenvalue weighted by molar-refractivity contribution is 0.229. The van der Waals surface area contributed by atoms with Gasteiger partial charge in [-0.1, -0.05) is 93.6 Å². The maximum absolute atomic E-state index is 12.7. The summed E-state index contributed by atoms with van der Waals surface area (Å²) in [6, 6.07) is 27.0. The minimum Gasteiger partial charge on any atom is -0.531 e. The number of hydrogen-bond donors (Lipinski definition) is 0. The molecule has 0 atom stereocenters. The van der Waals surface area contributed by atoms with E-state index in [9.17, 15) is 4.57 Å². The van der Waals surface area contributed by atoms with Crippen molar-refractivity contribution in [2.75, 3.05) is 20.3 Å². The fourth-order valence-electron chi connectivity index (χ4n) is 4.54. The summed E-state index contributed by atoms with van der Waals surface area (Å²) in [6.07, 6.45) is 2.38. The SMILES string of the molecule is CCOP(=O)(/C=C/Cc1ccc(O[Si](c2ccccc2)(c2ccccc2)C(C)(C)C)c(OC)c1)OCC. The Labute approximate surface area is 223 Å². The Morgan fingerprint density at radius 2 is 1.35 bits per heavy atom. The van der Waals surface area contributed by atoms with Crippen LogP contribution in [0, 0.1) is 0 Å². The van der Waals surface area contributed by atoms with Gasteiger partial charge in [-0.3, -0.25) is 4.57 Å². The number of allylic oxidation sites excluding steroid dienone is 1. The maximum atomic E-state index is 12.7. The average molecular weight is 539 g/mol. The van der Waals surface area contributed by atoms with Crippen molar-refractivity contribution in [3.05, 3.63) is 96.3 Å². The van der Waals surface area contributed by atoms with Gasteiger partial charge in [0.15, 0.2) is 5.75 Å². The molecule has 5 nitrogen and oxygen atoms in total. The second-order valence-corrected chi connectivity index (χ2v) is 15.8. The highest BCUT2D eigenvalue weighted by Crippen LogP contribution is 2.49. The standard InChI is InChI=1S/C30H39O5PSi/c1-7-33-36(31,34-8-2)23-15-16-25-21-22-28(29(24-25)32-6)35-37(30(3,4)5,26-17-11-9-12-18-26)27-19-13-10-14-20-27/h9-15,17-24H,7-8,16H2,1-6H3/b23-15+. The largest absolute Gasteiger partial charge is 0.531 e. The molecule has 0 spiro atoms. The molecule has 0 unspecified atom stereocenters. The molecule has 0 aliphatic carbocycles. The van der Waals surface area contributed by atoms with Gasteiger partial charge in [0.2, 0.25) is 0 Å². The highest BCUT2D eigenvalue weighted by atomic mass is 31.2. The molecule has 3 aromatic rings. The van der Waals surface area contributed by atoms with Gasteiger partial charge in [0.25, 0.3) is 0 Å². The van der Waals surface area contributed by atoms with Crippen LogP contribution in [0.2, 0.25) is 5.04 Å². The molecule has 0 amide bonds. The van der Waals surface area contributed by atoms with Crippen LogP contribution in [0.25, 0.3) is 0 Å². The van der Waals surface area contributed by atoms with Crippen LogP contribution in [-0.2, 0) is 20.0 Å². The van der Waals surface area contributed by atoms with E-state index >= 15 is 0 Å². The number of methoxy groups -OCH3 is 1. The van der Waals surface area contributed by atoms with Crippen LogP contribution in [0.5, 0.6) is 11.5 Å². The summed E-state index contributed by atoms with van der Waals surface area (Å²) in [4.78, 5) is 0. The molecular formula is C30H39O5PSi. The van der Waals surface area contributed by atoms with Gasteiger partial charge in [-0.2, -0.15) is 0 Å². The average Bonchev–Trinajstić information content (AvgIpc) is 2.88. The van der Waals surface area contributed by atoms with Gasteiger partial charge in [-0.05, 0) is 53.4 Å². The minimum atomic E-state index is -3.23. The topological polar surface area (TPSA) is 54.0 Å². The number of hydrogen-bond acceptors (Lipinski definition) is 5. The van der Waals surface area contributed by atoms with E-state index in [1.54, 1.807) is 26.8 Å². The zero-order valence-corrected chi connectivity index (χ0v) is 24.7. The quantitative estimate of drug-likeness (QED) is 0.184. The smallest absolute Gasteiger partial charge is 0.353 e. The van der Waals surface area contributed by atoms with Crippen molar-refractivity contribution in [1.82, 2.24) is 0 Å². The van der Waals surface area contributed by atoms with Crippen LogP contribution < -0.4 is 19.5 Å². The highest BCUT2D eigenvalue weighted by molar-refractivity contribution is 7.57. The van der Waals surface area contributed by atoms with Crippen molar-refractivity contribution in [2.24, 2.45) is 0 Å². The van der Waals surface area contributed by atoms with E-state index in [0.717, 1.165) is 5.56 Å². The molecule has 3 rings (SSSR count). The Bertz CT molecular complexity index is 1160. The Balaban J connectivity index is 2.01. The lowest BCUT2D eigenvalue weighted by Gasteiger charge is -2.43. The molecular weight excluding hydrogens is 499 g/mol. The van der Waals surface area contributed by atoms with Gasteiger partial charge < -0.3 is 18.2 Å². The first-order valence-electron chi connectivity index (χ1n) is 12.7. The molecule has 0 fully saturated rings. The zero-order valence-electron chi connectivity index (χ0n) is 22.8. The van der Waals surface area contributed by atoms with Gasteiger partial charge >= 0.3 is 15.9 Å². The Kier molecular flexibility index (Phi) is 9.97. The van der Waals surface area contributed by atoms with E-state index in [1.165, 1.54) is 10.4 Å². The monoisotopic (exact) mass is 538 g/mol. The first kappa shape index (κ1) is 28.9. The van der Waals surface area contributed by atoms with Crippen LogP contribution in [0.15, 0.2) is 90.8 Å². The van der Waals surface area contributed by atoms with Gasteiger partial charge in [-0.25, -0.2) is 0 Å². The van der Waals surface area contributed by atoms with E-state index in [-0.39, 0.29) is 5.04 Å². The third kappa shape index (κ3) is 6.82. The van der Waals surface area contributed by atoms with Crippen molar-refractivity contribution < 1.29 is 22.8 Å². The summed E-state index contributed by atoms with van der Waals surface area (Å²) in [5, 5.41) is 2.23. The van der Waals surface area contributed by atoms with Crippen LogP contribution >= 0.6 is 7.60 Å². The second-order valence-electron chi connectivity index (χ2n) is 9.71. The third-order valence-corrected chi connectivity index (χ3v) is 12.9. The van der Waals surface area contributed by atoms with Gasteiger partial charge in [0.1, 0.15) is 5.75 Å². The van der Waals surface area contributed by atoms with Crippen LogP contribution in [-0.4, -0.2) is 28.6 Å². The van der Waals surface area contributed by atoms with Crippen LogP contribution in [0.4, 0.5) is 0 Å². The Hall–Kier alpha value is -2.63. The zero-order chi connectivity index (χ0) is 26.9. The molecule has 0 aliphatic rings. The first-order chi connectivity index (χ1) is 17.7. The van der Waals surface area contributed by atoms with Gasteiger partial charge in [-0.15, -0.1) is 0 Å². The summed E-state index contributed by atoms with van der Waals surface area (Å²) in [6.45, 7) is 11.0. The van der Waals surface area contributed by atoms with E-state index in [1.807, 2.05) is 36.4 Å². The summed E-state index contributed by atoms with van der Waals surface area (Å²) in [5.74, 6) is 2.91. The molecule has 3 aromatic carbocycles. The summed E-state index contributed by atoms with van der Waals surface area (Å²) in [7, 11) is -4.36. The number of benzene rings is 3. The molecule has 0 N–H and O–H groups in total. The predicted octanol–water partition coefficient (Wildman–Crippen LogP) is 6.96. The van der Waals surface area contributed by atoms with Crippen molar-refractivity contribution in [1.29, 1.82) is 0 Å². The Morgan fingerprint density at radius 3 is 1.81 bits per heavy atom.